The van der Waals surface area contributed by atoms with Gasteiger partial charge in [-0.25, -0.2) is 0 Å². The molecule has 2 aromatic carbocycles. The molecule has 0 radical (unpaired) electrons. The number of benzene rings is 2. The first-order valence-corrected chi connectivity index (χ1v) is 8.89. The van der Waals surface area contributed by atoms with Crippen molar-refractivity contribution in [3.8, 4) is 11.5 Å². The molecule has 1 amide bonds. The first kappa shape index (κ1) is 19.8. The number of hydrogen-bond donors (Lipinski definition) is 1. The van der Waals surface area contributed by atoms with E-state index in [-0.39, 0.29) is 24.5 Å². The number of halogens is 1. The normalized spacial score (nSPS) is 10.3. The number of carbonyl (C=O) groups excluding carboxylic acids is 2. The first-order valence-electron chi connectivity index (χ1n) is 8.51. The maximum Gasteiger partial charge on any atom is 0.224 e. The van der Waals surface area contributed by atoms with Crippen LogP contribution >= 0.6 is 11.6 Å². The lowest BCUT2D eigenvalue weighted by atomic mass is 10.1. The molecule has 0 spiro atoms. The van der Waals surface area contributed by atoms with Crippen LogP contribution < -0.4 is 14.8 Å². The minimum atomic E-state index is -0.237. The third kappa shape index (κ3) is 5.77. The van der Waals surface area contributed by atoms with Crippen molar-refractivity contribution >= 4 is 29.0 Å². The van der Waals surface area contributed by atoms with E-state index in [0.29, 0.717) is 41.0 Å². The zero-order chi connectivity index (χ0) is 18.9. The van der Waals surface area contributed by atoms with Gasteiger partial charge in [-0.15, -0.1) is 0 Å². The van der Waals surface area contributed by atoms with Crippen LogP contribution in [0.25, 0.3) is 0 Å². The molecular formula is C20H22ClNO4. The van der Waals surface area contributed by atoms with Gasteiger partial charge in [-0.2, -0.15) is 0 Å². The number of amides is 1. The Kier molecular flexibility index (Phi) is 7.48. The lowest BCUT2D eigenvalue weighted by Gasteiger charge is -2.13. The number of ether oxygens (including phenoxy) is 2. The minimum Gasteiger partial charge on any atom is -0.490 e. The van der Waals surface area contributed by atoms with Crippen molar-refractivity contribution in [3.63, 3.8) is 0 Å². The molecule has 138 valence electrons. The maximum absolute atomic E-state index is 12.1. The van der Waals surface area contributed by atoms with Crippen LogP contribution in [0.1, 0.15) is 37.0 Å². The van der Waals surface area contributed by atoms with Gasteiger partial charge in [0.05, 0.1) is 13.2 Å². The summed E-state index contributed by atoms with van der Waals surface area (Å²) in [7, 11) is 0. The number of carbonyl (C=O) groups is 2. The Morgan fingerprint density at radius 3 is 2.23 bits per heavy atom. The van der Waals surface area contributed by atoms with E-state index in [2.05, 4.69) is 5.32 Å². The van der Waals surface area contributed by atoms with E-state index in [1.807, 2.05) is 13.8 Å². The molecule has 2 rings (SSSR count). The molecule has 2 aromatic rings. The SMILES string of the molecule is CCOc1ccc(NC(=O)CCC(=O)c2ccc(Cl)cc2)cc1OCC. The third-order valence-corrected chi connectivity index (χ3v) is 3.82. The summed E-state index contributed by atoms with van der Waals surface area (Å²) in [6, 6.07) is 11.8. The van der Waals surface area contributed by atoms with Crippen LogP contribution in [-0.2, 0) is 4.79 Å². The summed E-state index contributed by atoms with van der Waals surface area (Å²) in [4.78, 5) is 24.2. The van der Waals surface area contributed by atoms with Gasteiger partial charge in [-0.05, 0) is 50.2 Å². The second kappa shape index (κ2) is 9.82. The fourth-order valence-corrected chi connectivity index (χ4v) is 2.49. The van der Waals surface area contributed by atoms with Gasteiger partial charge in [-0.3, -0.25) is 9.59 Å². The van der Waals surface area contributed by atoms with Crippen LogP contribution in [0, 0.1) is 0 Å². The second-order valence-corrected chi connectivity index (χ2v) is 5.94. The number of Topliss-reactive ketones (excluding diaryl/α,β-unsaturated/α-hetero) is 1. The Morgan fingerprint density at radius 1 is 0.923 bits per heavy atom. The van der Waals surface area contributed by atoms with Gasteiger partial charge in [0.1, 0.15) is 0 Å². The van der Waals surface area contributed by atoms with Crippen LogP contribution in [0.15, 0.2) is 42.5 Å². The van der Waals surface area contributed by atoms with Gasteiger partial charge >= 0.3 is 0 Å². The third-order valence-electron chi connectivity index (χ3n) is 3.57. The maximum atomic E-state index is 12.1. The zero-order valence-corrected chi connectivity index (χ0v) is 15.6. The molecule has 0 unspecified atom stereocenters. The predicted molar refractivity (Wildman–Crippen MR) is 102 cm³/mol. The molecule has 1 N–H and O–H groups in total. The molecular weight excluding hydrogens is 354 g/mol. The lowest BCUT2D eigenvalue weighted by Crippen LogP contribution is -2.13. The van der Waals surface area contributed by atoms with E-state index in [1.165, 1.54) is 0 Å². The summed E-state index contributed by atoms with van der Waals surface area (Å²) < 4.78 is 11.0. The zero-order valence-electron chi connectivity index (χ0n) is 14.9. The largest absolute Gasteiger partial charge is 0.490 e. The van der Waals surface area contributed by atoms with E-state index < -0.39 is 0 Å². The molecule has 0 atom stereocenters. The Morgan fingerprint density at radius 2 is 1.58 bits per heavy atom. The summed E-state index contributed by atoms with van der Waals surface area (Å²) in [5, 5.41) is 3.35. The van der Waals surface area contributed by atoms with Crippen molar-refractivity contribution in [3.05, 3.63) is 53.1 Å². The highest BCUT2D eigenvalue weighted by Gasteiger charge is 2.11. The second-order valence-electron chi connectivity index (χ2n) is 5.51. The van der Waals surface area contributed by atoms with E-state index >= 15 is 0 Å². The van der Waals surface area contributed by atoms with Gasteiger partial charge in [0.25, 0.3) is 0 Å². The van der Waals surface area contributed by atoms with Crippen molar-refractivity contribution in [2.24, 2.45) is 0 Å². The molecule has 5 nitrogen and oxygen atoms in total. The fraction of sp³-hybridized carbons (Fsp3) is 0.300. The quantitative estimate of drug-likeness (QED) is 0.643. The van der Waals surface area contributed by atoms with Crippen molar-refractivity contribution in [1.82, 2.24) is 0 Å². The molecule has 0 aliphatic carbocycles. The van der Waals surface area contributed by atoms with E-state index in [0.717, 1.165) is 0 Å². The Balaban J connectivity index is 1.93. The minimum absolute atomic E-state index is 0.0959. The monoisotopic (exact) mass is 375 g/mol. The highest BCUT2D eigenvalue weighted by molar-refractivity contribution is 6.30. The van der Waals surface area contributed by atoms with E-state index in [9.17, 15) is 9.59 Å². The number of nitrogens with one attached hydrogen (secondary N) is 1. The van der Waals surface area contributed by atoms with Crippen LogP contribution in [0.4, 0.5) is 5.69 Å². The predicted octanol–water partition coefficient (Wildman–Crippen LogP) is 4.74. The Hall–Kier alpha value is -2.53. The standard InChI is InChI=1S/C20H22ClNO4/c1-3-25-18-11-9-16(13-19(18)26-4-2)22-20(24)12-10-17(23)14-5-7-15(21)8-6-14/h5-9,11,13H,3-4,10,12H2,1-2H3,(H,22,24). The number of rotatable bonds is 9. The molecule has 0 heterocycles. The van der Waals surface area contributed by atoms with Gasteiger partial charge in [0.15, 0.2) is 17.3 Å². The number of ketones is 1. The fourth-order valence-electron chi connectivity index (χ4n) is 2.36. The average Bonchev–Trinajstić information content (AvgIpc) is 2.63. The van der Waals surface area contributed by atoms with Crippen molar-refractivity contribution in [1.29, 1.82) is 0 Å². The van der Waals surface area contributed by atoms with Crippen LogP contribution in [-0.4, -0.2) is 24.9 Å². The lowest BCUT2D eigenvalue weighted by molar-refractivity contribution is -0.116. The molecule has 0 saturated heterocycles. The molecule has 0 aliphatic rings. The molecule has 0 aliphatic heterocycles. The number of hydrogen-bond acceptors (Lipinski definition) is 4. The summed E-state index contributed by atoms with van der Waals surface area (Å²) >= 11 is 5.81. The number of anilines is 1. The average molecular weight is 376 g/mol. The molecule has 0 bridgehead atoms. The summed E-state index contributed by atoms with van der Waals surface area (Å²) in [6.07, 6.45) is 0.224. The Labute approximate surface area is 158 Å². The van der Waals surface area contributed by atoms with Gasteiger partial charge in [-0.1, -0.05) is 11.6 Å². The van der Waals surface area contributed by atoms with Crippen molar-refractivity contribution < 1.29 is 19.1 Å². The van der Waals surface area contributed by atoms with Crippen LogP contribution in [0.3, 0.4) is 0 Å². The smallest absolute Gasteiger partial charge is 0.224 e. The van der Waals surface area contributed by atoms with E-state index in [4.69, 9.17) is 21.1 Å². The molecule has 6 heteroatoms. The molecule has 0 fully saturated rings. The van der Waals surface area contributed by atoms with Crippen molar-refractivity contribution in [2.75, 3.05) is 18.5 Å². The topological polar surface area (TPSA) is 64.6 Å². The molecule has 26 heavy (non-hydrogen) atoms. The van der Waals surface area contributed by atoms with Gasteiger partial charge in [0.2, 0.25) is 5.91 Å². The highest BCUT2D eigenvalue weighted by atomic mass is 35.5. The van der Waals surface area contributed by atoms with Gasteiger partial charge < -0.3 is 14.8 Å². The van der Waals surface area contributed by atoms with Crippen molar-refractivity contribution in [2.45, 2.75) is 26.7 Å². The summed E-state index contributed by atoms with van der Waals surface area (Å²) in [5.74, 6) is 0.868. The molecule has 0 aromatic heterocycles. The molecule has 0 saturated carbocycles. The van der Waals surface area contributed by atoms with Gasteiger partial charge in [0, 0.05) is 35.2 Å². The highest BCUT2D eigenvalue weighted by Crippen LogP contribution is 2.30. The van der Waals surface area contributed by atoms with Crippen LogP contribution in [0.2, 0.25) is 5.02 Å². The summed E-state index contributed by atoms with van der Waals surface area (Å²) in [5.41, 5.74) is 1.14. The van der Waals surface area contributed by atoms with E-state index in [1.54, 1.807) is 42.5 Å². The summed E-state index contributed by atoms with van der Waals surface area (Å²) in [6.45, 7) is 4.79. The van der Waals surface area contributed by atoms with Crippen LogP contribution in [0.5, 0.6) is 11.5 Å². The Bertz CT molecular complexity index is 759. The first-order chi connectivity index (χ1) is 12.5.